The van der Waals surface area contributed by atoms with E-state index in [1.54, 1.807) is 7.11 Å². The first-order chi connectivity index (χ1) is 8.20. The summed E-state index contributed by atoms with van der Waals surface area (Å²) >= 11 is 1.48. The smallest absolute Gasteiger partial charge is 0.265 e. The molecular weight excluding hydrogens is 236 g/mol. The molecule has 1 aromatic heterocycles. The molecule has 1 atom stereocenters. The van der Waals surface area contributed by atoms with E-state index < -0.39 is 0 Å². The number of nitrogens with one attached hydrogen (secondary N) is 2. The highest BCUT2D eigenvalue weighted by Gasteiger charge is 2.20. The fourth-order valence-corrected chi connectivity index (χ4v) is 2.91. The van der Waals surface area contributed by atoms with Crippen molar-refractivity contribution >= 4 is 17.2 Å². The molecule has 1 aliphatic rings. The molecule has 0 radical (unpaired) electrons. The van der Waals surface area contributed by atoms with Crippen LogP contribution in [-0.4, -0.2) is 32.1 Å². The van der Waals surface area contributed by atoms with Crippen LogP contribution >= 0.6 is 11.3 Å². The molecule has 0 unspecified atom stereocenters. The Balaban J connectivity index is 2.02. The first-order valence-electron chi connectivity index (χ1n) is 5.86. The van der Waals surface area contributed by atoms with Crippen molar-refractivity contribution in [1.29, 1.82) is 0 Å². The summed E-state index contributed by atoms with van der Waals surface area (Å²) in [5.41, 5.74) is 0. The van der Waals surface area contributed by atoms with Crippen molar-refractivity contribution < 1.29 is 9.53 Å². The average molecular weight is 254 g/mol. The maximum Gasteiger partial charge on any atom is 0.265 e. The van der Waals surface area contributed by atoms with Gasteiger partial charge in [-0.25, -0.2) is 0 Å². The van der Waals surface area contributed by atoms with E-state index in [1.807, 2.05) is 13.0 Å². The number of hydrogen-bond acceptors (Lipinski definition) is 4. The number of ether oxygens (including phenoxy) is 1. The topological polar surface area (TPSA) is 50.4 Å². The maximum atomic E-state index is 12.1. The van der Waals surface area contributed by atoms with Crippen LogP contribution in [0.1, 0.15) is 27.4 Å². The van der Waals surface area contributed by atoms with Gasteiger partial charge in [-0.1, -0.05) is 0 Å². The van der Waals surface area contributed by atoms with Crippen molar-refractivity contribution in [2.45, 2.75) is 25.8 Å². The number of hydrogen-bond donors (Lipinski definition) is 2. The van der Waals surface area contributed by atoms with E-state index >= 15 is 0 Å². The fourth-order valence-electron chi connectivity index (χ4n) is 2.03. The maximum absolute atomic E-state index is 12.1. The molecule has 1 aromatic rings. The molecule has 2 N–H and O–H groups in total. The summed E-state index contributed by atoms with van der Waals surface area (Å²) in [6, 6.07) is 2.14. The molecule has 5 heteroatoms. The number of methoxy groups -OCH3 is 1. The van der Waals surface area contributed by atoms with E-state index in [1.165, 1.54) is 11.3 Å². The van der Waals surface area contributed by atoms with Crippen LogP contribution in [0.2, 0.25) is 0 Å². The van der Waals surface area contributed by atoms with Crippen LogP contribution in [-0.2, 0) is 0 Å². The van der Waals surface area contributed by atoms with Crippen LogP contribution in [0, 0.1) is 6.92 Å². The molecule has 1 aliphatic heterocycles. The summed E-state index contributed by atoms with van der Waals surface area (Å²) in [5.74, 6) is 0.655. The SMILES string of the molecule is COc1cc(C)sc1C(=O)N[C@H]1CCCNC1. The molecule has 4 nitrogen and oxygen atoms in total. The molecule has 0 bridgehead atoms. The van der Waals surface area contributed by atoms with Gasteiger partial charge in [0.1, 0.15) is 10.6 Å². The molecule has 0 spiro atoms. The molecule has 1 fully saturated rings. The van der Waals surface area contributed by atoms with Crippen LogP contribution in [0.4, 0.5) is 0 Å². The zero-order chi connectivity index (χ0) is 12.3. The van der Waals surface area contributed by atoms with Crippen molar-refractivity contribution in [2.75, 3.05) is 20.2 Å². The highest BCUT2D eigenvalue weighted by molar-refractivity contribution is 7.14. The molecule has 94 valence electrons. The van der Waals surface area contributed by atoms with E-state index in [0.717, 1.165) is 30.8 Å². The summed E-state index contributed by atoms with van der Waals surface area (Å²) in [5, 5.41) is 6.34. The standard InChI is InChI=1S/C12H18N2O2S/c1-8-6-10(16-2)11(17-8)12(15)14-9-4-3-5-13-7-9/h6,9,13H,3-5,7H2,1-2H3,(H,14,15)/t9-/m0/s1. The summed E-state index contributed by atoms with van der Waals surface area (Å²) in [6.07, 6.45) is 2.16. The van der Waals surface area contributed by atoms with Crippen molar-refractivity contribution in [3.8, 4) is 5.75 Å². The first kappa shape index (κ1) is 12.4. The minimum Gasteiger partial charge on any atom is -0.495 e. The molecule has 2 heterocycles. The van der Waals surface area contributed by atoms with Crippen molar-refractivity contribution in [2.24, 2.45) is 0 Å². The predicted molar refractivity (Wildman–Crippen MR) is 69.0 cm³/mol. The second-order valence-electron chi connectivity index (χ2n) is 4.27. The van der Waals surface area contributed by atoms with Crippen LogP contribution < -0.4 is 15.4 Å². The normalized spacial score (nSPS) is 20.0. The number of aryl methyl sites for hydroxylation is 1. The van der Waals surface area contributed by atoms with E-state index in [4.69, 9.17) is 4.74 Å². The molecule has 2 rings (SSSR count). The zero-order valence-corrected chi connectivity index (χ0v) is 11.0. The summed E-state index contributed by atoms with van der Waals surface area (Å²) in [7, 11) is 1.60. The third-order valence-corrected chi connectivity index (χ3v) is 3.91. The first-order valence-corrected chi connectivity index (χ1v) is 6.68. The van der Waals surface area contributed by atoms with Gasteiger partial charge < -0.3 is 15.4 Å². The molecule has 0 aliphatic carbocycles. The second kappa shape index (κ2) is 5.51. The number of carbonyl (C=O) groups excluding carboxylic acids is 1. The lowest BCUT2D eigenvalue weighted by molar-refractivity contribution is 0.0932. The van der Waals surface area contributed by atoms with Gasteiger partial charge >= 0.3 is 0 Å². The largest absolute Gasteiger partial charge is 0.495 e. The molecule has 17 heavy (non-hydrogen) atoms. The van der Waals surface area contributed by atoms with E-state index in [2.05, 4.69) is 10.6 Å². The Kier molecular flexibility index (Phi) is 4.02. The van der Waals surface area contributed by atoms with Gasteiger partial charge in [-0.05, 0) is 32.4 Å². The summed E-state index contributed by atoms with van der Waals surface area (Å²) < 4.78 is 5.21. The molecule has 0 aromatic carbocycles. The van der Waals surface area contributed by atoms with Crippen LogP contribution in [0.5, 0.6) is 5.75 Å². The fraction of sp³-hybridized carbons (Fsp3) is 0.583. The zero-order valence-electron chi connectivity index (χ0n) is 10.2. The summed E-state index contributed by atoms with van der Waals surface area (Å²) in [4.78, 5) is 13.9. The van der Waals surface area contributed by atoms with Gasteiger partial charge in [-0.2, -0.15) is 0 Å². The number of thiophene rings is 1. The molecular formula is C12H18N2O2S. The lowest BCUT2D eigenvalue weighted by Crippen LogP contribution is -2.45. The third-order valence-electron chi connectivity index (χ3n) is 2.88. The number of piperidine rings is 1. The predicted octanol–water partition coefficient (Wildman–Crippen LogP) is 1.55. The Labute approximate surface area is 105 Å². The lowest BCUT2D eigenvalue weighted by Gasteiger charge is -2.23. The third kappa shape index (κ3) is 2.98. The van der Waals surface area contributed by atoms with E-state index in [0.29, 0.717) is 10.6 Å². The van der Waals surface area contributed by atoms with Crippen molar-refractivity contribution in [1.82, 2.24) is 10.6 Å². The van der Waals surface area contributed by atoms with Gasteiger partial charge in [0.2, 0.25) is 0 Å². The van der Waals surface area contributed by atoms with Gasteiger partial charge in [-0.15, -0.1) is 11.3 Å². The Morgan fingerprint density at radius 3 is 3.12 bits per heavy atom. The minimum atomic E-state index is -0.0198. The lowest BCUT2D eigenvalue weighted by atomic mass is 10.1. The molecule has 1 amide bonds. The second-order valence-corrected chi connectivity index (χ2v) is 5.53. The number of amides is 1. The number of carbonyl (C=O) groups is 1. The summed E-state index contributed by atoms with van der Waals surface area (Å²) in [6.45, 7) is 3.89. The average Bonchev–Trinajstić information content (AvgIpc) is 2.72. The van der Waals surface area contributed by atoms with Gasteiger partial charge in [0.05, 0.1) is 7.11 Å². The Bertz CT molecular complexity index is 397. The van der Waals surface area contributed by atoms with Crippen molar-refractivity contribution in [3.05, 3.63) is 15.8 Å². The van der Waals surface area contributed by atoms with Crippen molar-refractivity contribution in [3.63, 3.8) is 0 Å². The minimum absolute atomic E-state index is 0.0198. The highest BCUT2D eigenvalue weighted by atomic mass is 32.1. The number of rotatable bonds is 3. The van der Waals surface area contributed by atoms with Crippen LogP contribution in [0.15, 0.2) is 6.07 Å². The van der Waals surface area contributed by atoms with Gasteiger partial charge in [-0.3, -0.25) is 4.79 Å². The van der Waals surface area contributed by atoms with Crippen LogP contribution in [0.3, 0.4) is 0 Å². The van der Waals surface area contributed by atoms with Gasteiger partial charge in [0, 0.05) is 17.5 Å². The molecule has 1 saturated heterocycles. The highest BCUT2D eigenvalue weighted by Crippen LogP contribution is 2.28. The van der Waals surface area contributed by atoms with E-state index in [-0.39, 0.29) is 11.9 Å². The Morgan fingerprint density at radius 1 is 1.65 bits per heavy atom. The van der Waals surface area contributed by atoms with E-state index in [9.17, 15) is 4.79 Å². The Hall–Kier alpha value is -1.07. The quantitative estimate of drug-likeness (QED) is 0.860. The molecule has 0 saturated carbocycles. The Morgan fingerprint density at radius 2 is 2.47 bits per heavy atom. The van der Waals surface area contributed by atoms with Gasteiger partial charge in [0.25, 0.3) is 5.91 Å². The van der Waals surface area contributed by atoms with Gasteiger partial charge in [0.15, 0.2) is 0 Å². The van der Waals surface area contributed by atoms with Crippen LogP contribution in [0.25, 0.3) is 0 Å². The monoisotopic (exact) mass is 254 g/mol.